The second-order valence-corrected chi connectivity index (χ2v) is 5.85. The van der Waals surface area contributed by atoms with Gasteiger partial charge in [-0.3, -0.25) is 9.59 Å². The Hall–Kier alpha value is -2.83. The van der Waals surface area contributed by atoms with Crippen molar-refractivity contribution in [2.24, 2.45) is 0 Å². The second-order valence-electron chi connectivity index (χ2n) is 5.85. The lowest BCUT2D eigenvalue weighted by molar-refractivity contribution is -0.118. The van der Waals surface area contributed by atoms with Gasteiger partial charge in [-0.05, 0) is 25.5 Å². The van der Waals surface area contributed by atoms with E-state index < -0.39 is 11.9 Å². The summed E-state index contributed by atoms with van der Waals surface area (Å²) in [5.41, 5.74) is 1.23. The molecule has 1 aliphatic heterocycles. The van der Waals surface area contributed by atoms with Crippen molar-refractivity contribution in [2.75, 3.05) is 18.6 Å². The van der Waals surface area contributed by atoms with E-state index >= 15 is 0 Å². The number of nitrogens with zero attached hydrogens (tertiary/aromatic N) is 2. The Kier molecular flexibility index (Phi) is 4.74. The fraction of sp³-hybridized carbons (Fsp3) is 0.389. The maximum absolute atomic E-state index is 12.7. The minimum atomic E-state index is -0.591. The number of rotatable bonds is 5. The van der Waals surface area contributed by atoms with Crippen LogP contribution in [0.5, 0.6) is 5.75 Å². The smallest absolute Gasteiger partial charge is 0.289 e. The monoisotopic (exact) mass is 343 g/mol. The van der Waals surface area contributed by atoms with Crippen LogP contribution in [0, 0.1) is 6.92 Å². The predicted octanol–water partition coefficient (Wildman–Crippen LogP) is 2.09. The predicted molar refractivity (Wildman–Crippen MR) is 91.8 cm³/mol. The zero-order chi connectivity index (χ0) is 18.0. The normalized spacial score (nSPS) is 17.0. The molecule has 3 rings (SSSR count). The van der Waals surface area contributed by atoms with Gasteiger partial charge in [0.15, 0.2) is 5.89 Å². The molecule has 25 heavy (non-hydrogen) atoms. The lowest BCUT2D eigenvalue weighted by Crippen LogP contribution is -2.41. The molecule has 1 N–H and O–H groups in total. The molecular weight excluding hydrogens is 322 g/mol. The Bertz CT molecular complexity index is 799. The molecule has 1 saturated heterocycles. The summed E-state index contributed by atoms with van der Waals surface area (Å²) in [5.74, 6) is 0.730. The van der Waals surface area contributed by atoms with Crippen LogP contribution >= 0.6 is 0 Å². The number of carbonyl (C=O) groups excluding carboxylic acids is 2. The Morgan fingerprint density at radius 3 is 2.88 bits per heavy atom. The summed E-state index contributed by atoms with van der Waals surface area (Å²) >= 11 is 0. The fourth-order valence-electron chi connectivity index (χ4n) is 2.94. The third-order valence-corrected chi connectivity index (χ3v) is 4.24. The molecule has 1 aromatic heterocycles. The Labute approximate surface area is 146 Å². The summed E-state index contributed by atoms with van der Waals surface area (Å²) in [6.07, 6.45) is 1.13. The number of hydrogen-bond acceptors (Lipinski definition) is 5. The van der Waals surface area contributed by atoms with Crippen LogP contribution < -0.4 is 15.0 Å². The van der Waals surface area contributed by atoms with Gasteiger partial charge in [0.25, 0.3) is 5.91 Å². The van der Waals surface area contributed by atoms with Crippen molar-refractivity contribution in [3.63, 3.8) is 0 Å². The van der Waals surface area contributed by atoms with Gasteiger partial charge in [-0.15, -0.1) is 0 Å². The first-order valence-electron chi connectivity index (χ1n) is 8.26. The summed E-state index contributed by atoms with van der Waals surface area (Å²) in [5, 5.41) is 2.76. The lowest BCUT2D eigenvalue weighted by Gasteiger charge is -2.19. The molecule has 0 bridgehead atoms. The molecule has 0 saturated carbocycles. The van der Waals surface area contributed by atoms with Gasteiger partial charge >= 0.3 is 0 Å². The second kappa shape index (κ2) is 6.96. The van der Waals surface area contributed by atoms with Gasteiger partial charge in [-0.1, -0.05) is 19.1 Å². The van der Waals surface area contributed by atoms with Crippen molar-refractivity contribution in [1.82, 2.24) is 10.3 Å². The molecule has 2 heterocycles. The van der Waals surface area contributed by atoms with Crippen molar-refractivity contribution in [3.8, 4) is 5.75 Å². The first-order valence-corrected chi connectivity index (χ1v) is 8.26. The molecule has 0 aliphatic carbocycles. The van der Waals surface area contributed by atoms with E-state index in [9.17, 15) is 9.59 Å². The van der Waals surface area contributed by atoms with E-state index in [1.807, 2.05) is 25.1 Å². The molecule has 0 spiro atoms. The van der Waals surface area contributed by atoms with Gasteiger partial charge < -0.3 is 19.4 Å². The number of hydrogen-bond donors (Lipinski definition) is 1. The molecule has 7 heteroatoms. The summed E-state index contributed by atoms with van der Waals surface area (Å²) in [6.45, 7) is 4.13. The summed E-state index contributed by atoms with van der Waals surface area (Å²) in [6, 6.07) is 6.74. The highest BCUT2D eigenvalue weighted by Gasteiger charge is 2.35. The van der Waals surface area contributed by atoms with Gasteiger partial charge in [-0.25, -0.2) is 4.98 Å². The van der Waals surface area contributed by atoms with Crippen molar-refractivity contribution in [1.29, 1.82) is 0 Å². The van der Waals surface area contributed by atoms with Crippen molar-refractivity contribution in [3.05, 3.63) is 41.6 Å². The van der Waals surface area contributed by atoms with Gasteiger partial charge in [0, 0.05) is 13.0 Å². The third kappa shape index (κ3) is 3.22. The minimum absolute atomic E-state index is 0.161. The van der Waals surface area contributed by atoms with Gasteiger partial charge in [0.1, 0.15) is 11.8 Å². The summed E-state index contributed by atoms with van der Waals surface area (Å²) in [4.78, 5) is 30.9. The average Bonchev–Trinajstić information content (AvgIpc) is 3.18. The Morgan fingerprint density at radius 1 is 1.44 bits per heavy atom. The molecule has 2 aromatic rings. The topological polar surface area (TPSA) is 84.7 Å². The van der Waals surface area contributed by atoms with Crippen LogP contribution in [0.2, 0.25) is 0 Å². The zero-order valence-corrected chi connectivity index (χ0v) is 14.5. The summed E-state index contributed by atoms with van der Waals surface area (Å²) in [7, 11) is 1.57. The van der Waals surface area contributed by atoms with Crippen molar-refractivity contribution >= 4 is 17.5 Å². The number of aromatic nitrogens is 1. The summed E-state index contributed by atoms with van der Waals surface area (Å²) < 4.78 is 10.8. The average molecular weight is 343 g/mol. The lowest BCUT2D eigenvalue weighted by atomic mass is 10.2. The standard InChI is InChI=1S/C18H21N3O4/c1-4-15-19-11(2)16(25-15)17(22)20-12-9-10-21(18(12)23)13-7-5-6-8-14(13)24-3/h5-8,12H,4,9-10H2,1-3H3,(H,20,22). The van der Waals surface area contributed by atoms with Crippen LogP contribution in [-0.4, -0.2) is 36.5 Å². The highest BCUT2D eigenvalue weighted by Crippen LogP contribution is 2.31. The number of para-hydroxylation sites is 2. The van der Waals surface area contributed by atoms with E-state index in [2.05, 4.69) is 10.3 Å². The first-order chi connectivity index (χ1) is 12.0. The largest absolute Gasteiger partial charge is 0.495 e. The van der Waals surface area contributed by atoms with Gasteiger partial charge in [0.2, 0.25) is 11.7 Å². The number of carbonyl (C=O) groups is 2. The van der Waals surface area contributed by atoms with Crippen LogP contribution in [0.4, 0.5) is 5.69 Å². The van der Waals surface area contributed by atoms with Crippen LogP contribution in [0.3, 0.4) is 0 Å². The van der Waals surface area contributed by atoms with Crippen LogP contribution in [0.25, 0.3) is 0 Å². The molecular formula is C18H21N3O4. The van der Waals surface area contributed by atoms with E-state index in [0.717, 1.165) is 0 Å². The quantitative estimate of drug-likeness (QED) is 0.898. The van der Waals surface area contributed by atoms with Gasteiger partial charge in [0.05, 0.1) is 18.5 Å². The maximum Gasteiger partial charge on any atom is 0.289 e. The number of amides is 2. The van der Waals surface area contributed by atoms with Gasteiger partial charge in [-0.2, -0.15) is 0 Å². The van der Waals surface area contributed by atoms with Crippen molar-refractivity contribution < 1.29 is 18.7 Å². The highest BCUT2D eigenvalue weighted by molar-refractivity contribution is 6.04. The molecule has 132 valence electrons. The molecule has 1 aliphatic rings. The number of nitrogens with one attached hydrogen (secondary N) is 1. The molecule has 1 atom stereocenters. The van der Waals surface area contributed by atoms with E-state index in [1.165, 1.54) is 0 Å². The van der Waals surface area contributed by atoms with Crippen molar-refractivity contribution in [2.45, 2.75) is 32.7 Å². The zero-order valence-electron chi connectivity index (χ0n) is 14.5. The SMILES string of the molecule is CCc1nc(C)c(C(=O)NC2CCN(c3ccccc3OC)C2=O)o1. The molecule has 1 aromatic carbocycles. The molecule has 1 fully saturated rings. The van der Waals surface area contributed by atoms with Crippen LogP contribution in [0.15, 0.2) is 28.7 Å². The maximum atomic E-state index is 12.7. The highest BCUT2D eigenvalue weighted by atomic mass is 16.5. The van der Waals surface area contributed by atoms with E-state index in [4.69, 9.17) is 9.15 Å². The van der Waals surface area contributed by atoms with E-state index in [0.29, 0.717) is 42.4 Å². The van der Waals surface area contributed by atoms with E-state index in [1.54, 1.807) is 25.0 Å². The fourth-order valence-corrected chi connectivity index (χ4v) is 2.94. The van der Waals surface area contributed by atoms with Crippen LogP contribution in [0.1, 0.15) is 35.5 Å². The number of aryl methyl sites for hydroxylation is 2. The minimum Gasteiger partial charge on any atom is -0.495 e. The number of methoxy groups -OCH3 is 1. The van der Waals surface area contributed by atoms with Crippen LogP contribution in [-0.2, 0) is 11.2 Å². The number of oxazole rings is 1. The molecule has 7 nitrogen and oxygen atoms in total. The third-order valence-electron chi connectivity index (χ3n) is 4.24. The van der Waals surface area contributed by atoms with E-state index in [-0.39, 0.29) is 11.7 Å². The molecule has 2 amide bonds. The molecule has 1 unspecified atom stereocenters. The Morgan fingerprint density at radius 2 is 2.20 bits per heavy atom. The molecule has 0 radical (unpaired) electrons. The first kappa shape index (κ1) is 17.0. The number of anilines is 1. The Balaban J connectivity index is 1.74. The number of ether oxygens (including phenoxy) is 1. The number of benzene rings is 1.